The Morgan fingerprint density at radius 3 is 3.00 bits per heavy atom. The van der Waals surface area contributed by atoms with Gasteiger partial charge in [-0.1, -0.05) is 19.8 Å². The van der Waals surface area contributed by atoms with Gasteiger partial charge in [0.25, 0.3) is 0 Å². The second-order valence-electron chi connectivity index (χ2n) is 6.28. The van der Waals surface area contributed by atoms with Crippen molar-refractivity contribution in [3.05, 3.63) is 28.2 Å². The third kappa shape index (κ3) is 2.71. The highest BCUT2D eigenvalue weighted by Crippen LogP contribution is 2.66. The average Bonchev–Trinajstić information content (AvgIpc) is 3.08. The zero-order chi connectivity index (χ0) is 15.0. The number of hydrogen-bond donors (Lipinski definition) is 2. The molecule has 5 heteroatoms. The highest BCUT2D eigenvalue weighted by Gasteiger charge is 2.64. The first-order valence-electron chi connectivity index (χ1n) is 7.34. The number of aromatic hydroxyl groups is 1. The van der Waals surface area contributed by atoms with Crippen LogP contribution in [-0.2, 0) is 4.79 Å². The molecule has 3 rings (SSSR count). The minimum absolute atomic E-state index is 0.0403. The van der Waals surface area contributed by atoms with E-state index in [-0.39, 0.29) is 23.0 Å². The van der Waals surface area contributed by atoms with Crippen molar-refractivity contribution in [2.75, 3.05) is 0 Å². The normalized spacial score (nSPS) is 31.0. The number of halogens is 1. The largest absolute Gasteiger partial charge is 0.507 e. The summed E-state index contributed by atoms with van der Waals surface area (Å²) in [5, 5.41) is 13.5. The maximum absolute atomic E-state index is 12.2. The van der Waals surface area contributed by atoms with Crippen molar-refractivity contribution in [2.24, 2.45) is 22.4 Å². The molecule has 1 aromatic carbocycles. The first-order valence-corrected chi connectivity index (χ1v) is 8.13. The van der Waals surface area contributed by atoms with Gasteiger partial charge in [-0.05, 0) is 63.9 Å². The first-order chi connectivity index (χ1) is 10.0. The number of benzene rings is 1. The summed E-state index contributed by atoms with van der Waals surface area (Å²) in [5.41, 5.74) is 3.69. The van der Waals surface area contributed by atoms with Crippen molar-refractivity contribution < 1.29 is 9.90 Å². The number of carbonyl (C=O) groups is 1. The van der Waals surface area contributed by atoms with Crippen LogP contribution < -0.4 is 5.43 Å². The number of nitrogens with one attached hydrogen (secondary N) is 1. The number of carbonyl (C=O) groups excluding carboxylic acids is 1. The lowest BCUT2D eigenvalue weighted by Gasteiger charge is -2.15. The molecule has 21 heavy (non-hydrogen) atoms. The summed E-state index contributed by atoms with van der Waals surface area (Å²) in [5.74, 6) is 0.901. The maximum atomic E-state index is 12.2. The smallest absolute Gasteiger partial charge is 0.244 e. The molecule has 0 heterocycles. The summed E-state index contributed by atoms with van der Waals surface area (Å²) >= 11 is 3.25. The summed E-state index contributed by atoms with van der Waals surface area (Å²) in [4.78, 5) is 12.2. The molecule has 2 N–H and O–H groups in total. The van der Waals surface area contributed by atoms with Crippen LogP contribution in [0.5, 0.6) is 5.75 Å². The van der Waals surface area contributed by atoms with Crippen molar-refractivity contribution in [3.8, 4) is 5.75 Å². The number of hydrazone groups is 1. The van der Waals surface area contributed by atoms with Crippen molar-refractivity contribution in [2.45, 2.75) is 32.6 Å². The fraction of sp³-hybridized carbons (Fsp3) is 0.500. The SMILES string of the molecule is C[C@]12CCCC[C@@H]1[C@@H]2C(=O)N/N=C\c1ccc(O)c(Br)c1. The van der Waals surface area contributed by atoms with Crippen LogP contribution in [0.3, 0.4) is 0 Å². The molecule has 0 radical (unpaired) electrons. The molecule has 2 aliphatic carbocycles. The van der Waals surface area contributed by atoms with Crippen molar-refractivity contribution >= 4 is 28.1 Å². The van der Waals surface area contributed by atoms with Crippen LogP contribution in [0.4, 0.5) is 0 Å². The van der Waals surface area contributed by atoms with Gasteiger partial charge in [-0.2, -0.15) is 5.10 Å². The van der Waals surface area contributed by atoms with E-state index in [0.29, 0.717) is 10.4 Å². The molecule has 0 aliphatic heterocycles. The Labute approximate surface area is 132 Å². The van der Waals surface area contributed by atoms with Gasteiger partial charge in [-0.15, -0.1) is 0 Å². The minimum atomic E-state index is 0.0403. The molecule has 1 aromatic rings. The third-order valence-electron chi connectivity index (χ3n) is 4.97. The number of nitrogens with zero attached hydrogens (tertiary/aromatic N) is 1. The molecule has 0 saturated heterocycles. The minimum Gasteiger partial charge on any atom is -0.507 e. The maximum Gasteiger partial charge on any atom is 0.244 e. The van der Waals surface area contributed by atoms with Crippen LogP contribution in [0.1, 0.15) is 38.2 Å². The lowest BCUT2D eigenvalue weighted by atomic mass is 9.90. The van der Waals surface area contributed by atoms with Crippen LogP contribution in [0.2, 0.25) is 0 Å². The van der Waals surface area contributed by atoms with Crippen molar-refractivity contribution in [1.82, 2.24) is 5.43 Å². The molecule has 0 bridgehead atoms. The Morgan fingerprint density at radius 2 is 2.33 bits per heavy atom. The number of amides is 1. The number of fused-ring (bicyclic) bond motifs is 1. The molecule has 2 aliphatic rings. The Kier molecular flexibility index (Phi) is 3.78. The lowest BCUT2D eigenvalue weighted by Crippen LogP contribution is -2.22. The average molecular weight is 351 g/mol. The Hall–Kier alpha value is -1.36. The fourth-order valence-electron chi connectivity index (χ4n) is 3.69. The van der Waals surface area contributed by atoms with Gasteiger partial charge in [-0.25, -0.2) is 5.43 Å². The number of phenols is 1. The van der Waals surface area contributed by atoms with Gasteiger partial charge in [0, 0.05) is 5.92 Å². The molecular formula is C16H19BrN2O2. The molecule has 0 aromatic heterocycles. The predicted octanol–water partition coefficient (Wildman–Crippen LogP) is 3.43. The van der Waals surface area contributed by atoms with E-state index < -0.39 is 0 Å². The summed E-state index contributed by atoms with van der Waals surface area (Å²) in [7, 11) is 0. The Balaban J connectivity index is 1.59. The molecule has 3 atom stereocenters. The van der Waals surface area contributed by atoms with E-state index in [1.165, 1.54) is 19.3 Å². The molecular weight excluding hydrogens is 332 g/mol. The van der Waals surface area contributed by atoms with Gasteiger partial charge >= 0.3 is 0 Å². The van der Waals surface area contributed by atoms with Gasteiger partial charge < -0.3 is 5.11 Å². The second-order valence-corrected chi connectivity index (χ2v) is 7.14. The molecule has 4 nitrogen and oxygen atoms in total. The highest BCUT2D eigenvalue weighted by molar-refractivity contribution is 9.10. The molecule has 0 spiro atoms. The van der Waals surface area contributed by atoms with E-state index in [0.717, 1.165) is 12.0 Å². The van der Waals surface area contributed by atoms with Gasteiger partial charge in [0.15, 0.2) is 0 Å². The Morgan fingerprint density at radius 1 is 1.52 bits per heavy atom. The monoisotopic (exact) mass is 350 g/mol. The fourth-order valence-corrected chi connectivity index (χ4v) is 4.09. The van der Waals surface area contributed by atoms with E-state index in [2.05, 4.69) is 33.4 Å². The van der Waals surface area contributed by atoms with Crippen LogP contribution >= 0.6 is 15.9 Å². The van der Waals surface area contributed by atoms with Gasteiger partial charge in [0.05, 0.1) is 10.7 Å². The summed E-state index contributed by atoms with van der Waals surface area (Å²) in [6.45, 7) is 2.22. The summed E-state index contributed by atoms with van der Waals surface area (Å²) in [6, 6.07) is 5.08. The number of phenolic OH excluding ortho intramolecular Hbond substituents is 1. The molecule has 2 fully saturated rings. The second kappa shape index (κ2) is 5.44. The highest BCUT2D eigenvalue weighted by atomic mass is 79.9. The van der Waals surface area contributed by atoms with Crippen molar-refractivity contribution in [3.63, 3.8) is 0 Å². The predicted molar refractivity (Wildman–Crippen MR) is 85.1 cm³/mol. The quantitative estimate of drug-likeness (QED) is 0.647. The zero-order valence-electron chi connectivity index (χ0n) is 12.0. The van der Waals surface area contributed by atoms with Crippen molar-refractivity contribution in [1.29, 1.82) is 0 Å². The van der Waals surface area contributed by atoms with Gasteiger partial charge in [0.2, 0.25) is 5.91 Å². The summed E-state index contributed by atoms with van der Waals surface area (Å²) in [6.07, 6.45) is 6.40. The molecule has 1 amide bonds. The van der Waals surface area contributed by atoms with Crippen LogP contribution in [0.15, 0.2) is 27.8 Å². The van der Waals surface area contributed by atoms with E-state index in [9.17, 15) is 9.90 Å². The van der Waals surface area contributed by atoms with E-state index in [1.54, 1.807) is 24.4 Å². The zero-order valence-corrected chi connectivity index (χ0v) is 13.6. The molecule has 112 valence electrons. The molecule has 0 unspecified atom stereocenters. The number of rotatable bonds is 3. The van der Waals surface area contributed by atoms with Crippen LogP contribution in [-0.4, -0.2) is 17.2 Å². The topological polar surface area (TPSA) is 61.7 Å². The van der Waals surface area contributed by atoms with Gasteiger partial charge in [0.1, 0.15) is 5.75 Å². The van der Waals surface area contributed by atoms with E-state index in [1.807, 2.05) is 0 Å². The van der Waals surface area contributed by atoms with Gasteiger partial charge in [-0.3, -0.25) is 4.79 Å². The number of hydrogen-bond acceptors (Lipinski definition) is 3. The lowest BCUT2D eigenvalue weighted by molar-refractivity contribution is -0.123. The Bertz CT molecular complexity index is 602. The first kappa shape index (κ1) is 14.6. The van der Waals surface area contributed by atoms with E-state index in [4.69, 9.17) is 0 Å². The van der Waals surface area contributed by atoms with E-state index >= 15 is 0 Å². The standard InChI is InChI=1S/C16H19BrN2O2/c1-16-7-3-2-4-11(16)14(16)15(21)19-18-9-10-5-6-13(20)12(17)8-10/h5-6,8-9,11,14,20H,2-4,7H2,1H3,(H,19,21)/b18-9-/t11-,14-,16+/m1/s1. The third-order valence-corrected chi connectivity index (χ3v) is 5.61. The summed E-state index contributed by atoms with van der Waals surface area (Å²) < 4.78 is 0.610. The molecule has 2 saturated carbocycles. The van der Waals surface area contributed by atoms with Crippen LogP contribution in [0.25, 0.3) is 0 Å². The van der Waals surface area contributed by atoms with Crippen LogP contribution in [0, 0.1) is 17.3 Å².